The average molecular weight is 427 g/mol. The molecule has 32 heavy (non-hydrogen) atoms. The number of hydrogen-bond donors (Lipinski definition) is 0. The number of hydrogen-bond acceptors (Lipinski definition) is 2. The lowest BCUT2D eigenvalue weighted by Crippen LogP contribution is -1.94. The van der Waals surface area contributed by atoms with E-state index in [9.17, 15) is 0 Å². The molecule has 2 heteroatoms. The lowest BCUT2D eigenvalue weighted by atomic mass is 10.0. The van der Waals surface area contributed by atoms with Crippen LogP contribution in [0, 0.1) is 0 Å². The van der Waals surface area contributed by atoms with Gasteiger partial charge in [0, 0.05) is 24.3 Å². The van der Waals surface area contributed by atoms with Crippen molar-refractivity contribution >= 4 is 6.21 Å². The topological polar surface area (TPSA) is 25.2 Å². The zero-order valence-corrected chi connectivity index (χ0v) is 20.0. The number of allylic oxidation sites excluding steroid dienone is 14. The highest BCUT2D eigenvalue weighted by molar-refractivity contribution is 5.74. The first kappa shape index (κ1) is 26.8. The molecule has 0 aliphatic carbocycles. The molecule has 0 amide bonds. The van der Waals surface area contributed by atoms with E-state index in [1.165, 1.54) is 22.3 Å². The van der Waals surface area contributed by atoms with Crippen LogP contribution in [0.5, 0.6) is 0 Å². The summed E-state index contributed by atoms with van der Waals surface area (Å²) in [5.74, 6) is 0. The Morgan fingerprint density at radius 1 is 1.06 bits per heavy atom. The predicted molar refractivity (Wildman–Crippen MR) is 143 cm³/mol. The highest BCUT2D eigenvalue weighted by atomic mass is 14.7. The average Bonchev–Trinajstić information content (AvgIpc) is 2.79. The van der Waals surface area contributed by atoms with Crippen LogP contribution in [-0.4, -0.2) is 11.2 Å². The van der Waals surface area contributed by atoms with Crippen molar-refractivity contribution in [3.63, 3.8) is 0 Å². The van der Waals surface area contributed by atoms with Crippen LogP contribution in [0.1, 0.15) is 51.2 Å². The number of aliphatic imine (C=N–C) groups is 1. The van der Waals surface area contributed by atoms with Crippen molar-refractivity contribution in [1.82, 2.24) is 4.98 Å². The molecule has 2 nitrogen and oxygen atoms in total. The van der Waals surface area contributed by atoms with Gasteiger partial charge in [-0.25, -0.2) is 0 Å². The second kappa shape index (κ2) is 17.4. The van der Waals surface area contributed by atoms with Crippen molar-refractivity contribution in [3.05, 3.63) is 126 Å². The van der Waals surface area contributed by atoms with E-state index in [-0.39, 0.29) is 0 Å². The molecule has 1 heterocycles. The summed E-state index contributed by atoms with van der Waals surface area (Å²) in [6.07, 6.45) is 33.0. The zero-order valence-electron chi connectivity index (χ0n) is 20.0. The van der Waals surface area contributed by atoms with Gasteiger partial charge in [0.1, 0.15) is 0 Å². The van der Waals surface area contributed by atoms with Gasteiger partial charge in [0.15, 0.2) is 0 Å². The molecule has 0 saturated carbocycles. The van der Waals surface area contributed by atoms with E-state index in [1.54, 1.807) is 0 Å². The van der Waals surface area contributed by atoms with Crippen LogP contribution in [0.4, 0.5) is 0 Å². The van der Waals surface area contributed by atoms with Gasteiger partial charge in [-0.2, -0.15) is 0 Å². The van der Waals surface area contributed by atoms with E-state index in [4.69, 9.17) is 0 Å². The maximum Gasteiger partial charge on any atom is 0.0332 e. The van der Waals surface area contributed by atoms with Crippen LogP contribution in [0.2, 0.25) is 0 Å². The van der Waals surface area contributed by atoms with Crippen molar-refractivity contribution in [2.45, 2.75) is 52.9 Å². The van der Waals surface area contributed by atoms with Gasteiger partial charge in [-0.15, -0.1) is 6.58 Å². The fourth-order valence-electron chi connectivity index (χ4n) is 3.08. The standard InChI is InChI=1S/C30H38N2/c1-6-9-10-11-12-13-19-29-22-23-31-25-30(29)20-15-14-18-27(5)32-24-21-26(4)28(16-7-2)17-8-3/h6-13,16,18,21-25H,2-3,14-15,17,19-20H2,1,4-5H3/b9-6-,11-10-,13-12+,26-21+,27-18+,28-16+,32-24+. The minimum absolute atomic E-state index is 0.829. The molecule has 0 aromatic carbocycles. The normalized spacial score (nSPS) is 13.8. The van der Waals surface area contributed by atoms with Gasteiger partial charge in [-0.3, -0.25) is 9.98 Å². The second-order valence-corrected chi connectivity index (χ2v) is 7.47. The summed E-state index contributed by atoms with van der Waals surface area (Å²) in [6.45, 7) is 13.7. The fourth-order valence-corrected chi connectivity index (χ4v) is 3.08. The van der Waals surface area contributed by atoms with E-state index < -0.39 is 0 Å². The number of nitrogens with zero attached hydrogens (tertiary/aromatic N) is 2. The molecule has 168 valence electrons. The quantitative estimate of drug-likeness (QED) is 0.127. The number of aromatic nitrogens is 1. The smallest absolute Gasteiger partial charge is 0.0332 e. The van der Waals surface area contributed by atoms with Crippen LogP contribution in [-0.2, 0) is 12.8 Å². The van der Waals surface area contributed by atoms with E-state index >= 15 is 0 Å². The molecule has 0 bridgehead atoms. The Hall–Kier alpha value is -3.26. The van der Waals surface area contributed by atoms with Crippen molar-refractivity contribution in [3.8, 4) is 0 Å². The molecular formula is C30H38N2. The first-order chi connectivity index (χ1) is 15.6. The molecular weight excluding hydrogens is 388 g/mol. The molecule has 0 N–H and O–H groups in total. The maximum atomic E-state index is 4.55. The van der Waals surface area contributed by atoms with Crippen LogP contribution >= 0.6 is 0 Å². The second-order valence-electron chi connectivity index (χ2n) is 7.47. The summed E-state index contributed by atoms with van der Waals surface area (Å²) in [5.41, 5.74) is 6.09. The van der Waals surface area contributed by atoms with E-state index in [0.29, 0.717) is 0 Å². The Bertz CT molecular complexity index is 918. The lowest BCUT2D eigenvalue weighted by molar-refractivity contribution is 0.824. The minimum Gasteiger partial charge on any atom is -0.264 e. The molecule has 0 saturated heterocycles. The van der Waals surface area contributed by atoms with Gasteiger partial charge < -0.3 is 0 Å². The van der Waals surface area contributed by atoms with E-state index in [1.807, 2.05) is 75.0 Å². The molecule has 0 spiro atoms. The number of rotatable bonds is 14. The molecule has 0 radical (unpaired) electrons. The van der Waals surface area contributed by atoms with Crippen molar-refractivity contribution in [1.29, 1.82) is 0 Å². The van der Waals surface area contributed by atoms with Crippen LogP contribution in [0.15, 0.2) is 120 Å². The predicted octanol–water partition coefficient (Wildman–Crippen LogP) is 8.24. The van der Waals surface area contributed by atoms with Gasteiger partial charge >= 0.3 is 0 Å². The summed E-state index contributed by atoms with van der Waals surface area (Å²) in [5, 5.41) is 0. The molecule has 0 atom stereocenters. The van der Waals surface area contributed by atoms with E-state index in [2.05, 4.69) is 60.4 Å². The summed E-state index contributed by atoms with van der Waals surface area (Å²) in [6, 6.07) is 2.12. The Labute approximate surface area is 195 Å². The third kappa shape index (κ3) is 11.8. The monoisotopic (exact) mass is 426 g/mol. The fraction of sp³-hybridized carbons (Fsp3) is 0.267. The Balaban J connectivity index is 2.57. The summed E-state index contributed by atoms with van der Waals surface area (Å²) in [7, 11) is 0. The van der Waals surface area contributed by atoms with Gasteiger partial charge in [0.2, 0.25) is 0 Å². The minimum atomic E-state index is 0.829. The summed E-state index contributed by atoms with van der Waals surface area (Å²) >= 11 is 0. The molecule has 0 fully saturated rings. The van der Waals surface area contributed by atoms with Gasteiger partial charge in [-0.05, 0) is 87.3 Å². The Kier molecular flexibility index (Phi) is 14.6. The molecule has 1 aromatic heterocycles. The molecule has 0 unspecified atom stereocenters. The highest BCUT2D eigenvalue weighted by Gasteiger charge is 2.00. The number of pyridine rings is 1. The Morgan fingerprint density at radius 3 is 2.62 bits per heavy atom. The lowest BCUT2D eigenvalue weighted by Gasteiger charge is -2.06. The molecule has 1 aromatic rings. The van der Waals surface area contributed by atoms with Crippen molar-refractivity contribution in [2.24, 2.45) is 4.99 Å². The first-order valence-electron chi connectivity index (χ1n) is 11.3. The van der Waals surface area contributed by atoms with Crippen molar-refractivity contribution in [2.75, 3.05) is 0 Å². The zero-order chi connectivity index (χ0) is 23.4. The summed E-state index contributed by atoms with van der Waals surface area (Å²) in [4.78, 5) is 8.86. The third-order valence-electron chi connectivity index (χ3n) is 4.89. The number of aryl methyl sites for hydroxylation is 1. The van der Waals surface area contributed by atoms with Crippen LogP contribution < -0.4 is 0 Å². The third-order valence-corrected chi connectivity index (χ3v) is 4.89. The molecule has 1 rings (SSSR count). The molecule has 0 aliphatic rings. The highest BCUT2D eigenvalue weighted by Crippen LogP contribution is 2.15. The van der Waals surface area contributed by atoms with Crippen LogP contribution in [0.25, 0.3) is 0 Å². The largest absolute Gasteiger partial charge is 0.264 e. The van der Waals surface area contributed by atoms with Gasteiger partial charge in [0.25, 0.3) is 0 Å². The summed E-state index contributed by atoms with van der Waals surface area (Å²) < 4.78 is 0. The van der Waals surface area contributed by atoms with Crippen molar-refractivity contribution < 1.29 is 0 Å². The van der Waals surface area contributed by atoms with E-state index in [0.717, 1.165) is 37.8 Å². The first-order valence-corrected chi connectivity index (χ1v) is 11.3. The maximum absolute atomic E-state index is 4.55. The molecule has 0 aliphatic heterocycles. The van der Waals surface area contributed by atoms with Crippen LogP contribution in [0.3, 0.4) is 0 Å². The van der Waals surface area contributed by atoms with Gasteiger partial charge in [-0.1, -0.05) is 67.3 Å². The SMILES string of the molecule is C=C/C=C(CC=C)/C(C)=C/C=N/C(C)=C/CCCc1cnccc1C/C=C/C=C\C=C/C. The van der Waals surface area contributed by atoms with Gasteiger partial charge in [0.05, 0.1) is 0 Å². The number of unbranched alkanes of at least 4 members (excludes halogenated alkanes) is 1. The Morgan fingerprint density at radius 2 is 1.88 bits per heavy atom.